The minimum absolute atomic E-state index is 0. The van der Waals surface area contributed by atoms with Crippen molar-refractivity contribution in [1.82, 2.24) is 25.8 Å². The first-order valence-electron chi connectivity index (χ1n) is 10.2. The van der Waals surface area contributed by atoms with Crippen LogP contribution in [-0.4, -0.2) is 34.2 Å². The third kappa shape index (κ3) is 5.84. The largest absolute Gasteiger partial charge is 0.461 e. The summed E-state index contributed by atoms with van der Waals surface area (Å²) in [6.07, 6.45) is 2.27. The molecule has 2 heterocycles. The molecule has 162 valence electrons. The Morgan fingerprint density at radius 1 is 1.13 bits per heavy atom. The van der Waals surface area contributed by atoms with Crippen molar-refractivity contribution in [2.75, 3.05) is 13.1 Å². The lowest BCUT2D eigenvalue weighted by molar-refractivity contribution is 0.577. The molecular weight excluding hydrogens is 503 g/mol. The number of nitrogens with one attached hydrogen (secondary N) is 3. The molecule has 31 heavy (non-hydrogen) atoms. The number of benzene rings is 2. The van der Waals surface area contributed by atoms with E-state index in [1.807, 2.05) is 12.1 Å². The van der Waals surface area contributed by atoms with E-state index in [9.17, 15) is 0 Å². The number of aromatic amines is 1. The van der Waals surface area contributed by atoms with Crippen molar-refractivity contribution in [2.45, 2.75) is 26.3 Å². The Kier molecular flexibility index (Phi) is 8.05. The van der Waals surface area contributed by atoms with E-state index < -0.39 is 0 Å². The number of halogens is 1. The van der Waals surface area contributed by atoms with Crippen LogP contribution in [0.2, 0.25) is 0 Å². The summed E-state index contributed by atoms with van der Waals surface area (Å²) < 4.78 is 5.33. The Hall–Kier alpha value is -2.88. The first-order valence-corrected chi connectivity index (χ1v) is 10.2. The summed E-state index contributed by atoms with van der Waals surface area (Å²) >= 11 is 0. The van der Waals surface area contributed by atoms with Crippen molar-refractivity contribution in [3.8, 4) is 11.6 Å². The number of aliphatic imine (C=N–C) groups is 1. The summed E-state index contributed by atoms with van der Waals surface area (Å²) in [5, 5.41) is 16.4. The van der Waals surface area contributed by atoms with Crippen molar-refractivity contribution in [2.24, 2.45) is 4.99 Å². The van der Waals surface area contributed by atoms with Crippen molar-refractivity contribution >= 4 is 40.7 Å². The fourth-order valence-corrected chi connectivity index (χ4v) is 3.28. The molecule has 2 aromatic heterocycles. The summed E-state index contributed by atoms with van der Waals surface area (Å²) in [7, 11) is 0. The topological polar surface area (TPSA) is 91.1 Å². The highest BCUT2D eigenvalue weighted by molar-refractivity contribution is 14.0. The Labute approximate surface area is 198 Å². The van der Waals surface area contributed by atoms with Crippen LogP contribution in [0.1, 0.15) is 31.3 Å². The molecule has 0 saturated heterocycles. The molecule has 7 nitrogen and oxygen atoms in total. The highest BCUT2D eigenvalue weighted by atomic mass is 127. The molecular formula is C23H27IN6O. The predicted molar refractivity (Wildman–Crippen MR) is 135 cm³/mol. The van der Waals surface area contributed by atoms with Gasteiger partial charge in [0.25, 0.3) is 0 Å². The molecule has 2 aromatic carbocycles. The van der Waals surface area contributed by atoms with Crippen LogP contribution >= 0.6 is 24.0 Å². The van der Waals surface area contributed by atoms with Gasteiger partial charge in [0.2, 0.25) is 5.82 Å². The fourth-order valence-electron chi connectivity index (χ4n) is 3.28. The maximum Gasteiger partial charge on any atom is 0.216 e. The van der Waals surface area contributed by atoms with E-state index in [2.05, 4.69) is 82.1 Å². The molecule has 0 amide bonds. The Morgan fingerprint density at radius 2 is 1.97 bits per heavy atom. The van der Waals surface area contributed by atoms with Gasteiger partial charge in [0.1, 0.15) is 5.82 Å². The van der Waals surface area contributed by atoms with E-state index in [0.29, 0.717) is 24.6 Å². The zero-order valence-corrected chi connectivity index (χ0v) is 20.0. The molecule has 8 heteroatoms. The summed E-state index contributed by atoms with van der Waals surface area (Å²) in [6.45, 7) is 5.58. The van der Waals surface area contributed by atoms with Crippen molar-refractivity contribution in [3.63, 3.8) is 0 Å². The summed E-state index contributed by atoms with van der Waals surface area (Å²) in [5.41, 5.74) is 1.22. The summed E-state index contributed by atoms with van der Waals surface area (Å²) in [4.78, 5) is 9.15. The van der Waals surface area contributed by atoms with E-state index in [4.69, 9.17) is 9.41 Å². The van der Waals surface area contributed by atoms with Gasteiger partial charge in [0.15, 0.2) is 11.7 Å². The molecule has 1 atom stereocenters. The number of hydrogen-bond acceptors (Lipinski definition) is 4. The smallest absolute Gasteiger partial charge is 0.216 e. The molecule has 0 fully saturated rings. The molecule has 1 unspecified atom stereocenters. The molecule has 0 aliphatic heterocycles. The molecule has 3 N–H and O–H groups in total. The molecule has 4 aromatic rings. The second kappa shape index (κ2) is 10.9. The third-order valence-corrected chi connectivity index (χ3v) is 4.86. The van der Waals surface area contributed by atoms with E-state index in [0.717, 1.165) is 18.3 Å². The van der Waals surface area contributed by atoms with Gasteiger partial charge in [-0.05, 0) is 48.4 Å². The van der Waals surface area contributed by atoms with Gasteiger partial charge in [0, 0.05) is 19.5 Å². The number of H-pyrrole nitrogens is 1. The van der Waals surface area contributed by atoms with Gasteiger partial charge in [-0.2, -0.15) is 5.10 Å². The first-order chi connectivity index (χ1) is 14.7. The van der Waals surface area contributed by atoms with Gasteiger partial charge >= 0.3 is 0 Å². The average molecular weight is 530 g/mol. The van der Waals surface area contributed by atoms with Crippen LogP contribution < -0.4 is 10.6 Å². The minimum Gasteiger partial charge on any atom is -0.461 e. The maximum absolute atomic E-state index is 5.33. The lowest BCUT2D eigenvalue weighted by atomic mass is 10.0. The van der Waals surface area contributed by atoms with Crippen molar-refractivity contribution in [1.29, 1.82) is 0 Å². The second-order valence-electron chi connectivity index (χ2n) is 7.07. The molecule has 0 aliphatic carbocycles. The van der Waals surface area contributed by atoms with E-state index in [1.54, 1.807) is 6.26 Å². The first kappa shape index (κ1) is 22.8. The second-order valence-corrected chi connectivity index (χ2v) is 7.07. The van der Waals surface area contributed by atoms with Gasteiger partial charge in [-0.15, -0.1) is 24.0 Å². The monoisotopic (exact) mass is 530 g/mol. The van der Waals surface area contributed by atoms with Gasteiger partial charge in [-0.25, -0.2) is 4.98 Å². The van der Waals surface area contributed by atoms with Crippen LogP contribution in [0.3, 0.4) is 0 Å². The van der Waals surface area contributed by atoms with Crippen LogP contribution in [0.15, 0.2) is 70.3 Å². The Morgan fingerprint density at radius 3 is 2.74 bits per heavy atom. The molecule has 0 spiro atoms. The quantitative estimate of drug-likeness (QED) is 0.183. The number of fused-ring (bicyclic) bond motifs is 1. The van der Waals surface area contributed by atoms with Gasteiger partial charge in [0.05, 0.1) is 12.3 Å². The van der Waals surface area contributed by atoms with E-state index in [-0.39, 0.29) is 30.0 Å². The lowest BCUT2D eigenvalue weighted by Crippen LogP contribution is -2.38. The zero-order chi connectivity index (χ0) is 20.8. The summed E-state index contributed by atoms with van der Waals surface area (Å²) in [6, 6.07) is 18.7. The lowest BCUT2D eigenvalue weighted by Gasteiger charge is -2.18. The van der Waals surface area contributed by atoms with Gasteiger partial charge in [-0.3, -0.25) is 10.1 Å². The van der Waals surface area contributed by atoms with Crippen molar-refractivity contribution < 1.29 is 4.42 Å². The van der Waals surface area contributed by atoms with Crippen LogP contribution in [0, 0.1) is 0 Å². The minimum atomic E-state index is 0. The maximum atomic E-state index is 5.33. The van der Waals surface area contributed by atoms with Crippen LogP contribution in [0.5, 0.6) is 0 Å². The number of aromatic nitrogens is 3. The molecule has 4 rings (SSSR count). The zero-order valence-electron chi connectivity index (χ0n) is 17.6. The third-order valence-electron chi connectivity index (χ3n) is 4.86. The number of nitrogens with zero attached hydrogens (tertiary/aromatic N) is 3. The molecule has 0 saturated carbocycles. The van der Waals surface area contributed by atoms with Gasteiger partial charge < -0.3 is 15.1 Å². The molecule has 0 aliphatic rings. The highest BCUT2D eigenvalue weighted by Gasteiger charge is 2.10. The van der Waals surface area contributed by atoms with Crippen LogP contribution in [0.25, 0.3) is 22.4 Å². The van der Waals surface area contributed by atoms with Crippen LogP contribution in [0.4, 0.5) is 0 Å². The number of furan rings is 1. The van der Waals surface area contributed by atoms with Crippen molar-refractivity contribution in [3.05, 3.63) is 72.2 Å². The molecule has 0 radical (unpaired) electrons. The SMILES string of the molecule is CCNC(=NCCc1nc(-c2ccco2)n[nH]1)NC(C)c1ccc2ccccc2c1.I. The highest BCUT2D eigenvalue weighted by Crippen LogP contribution is 2.20. The average Bonchev–Trinajstić information content (AvgIpc) is 3.45. The number of guanidine groups is 1. The fraction of sp³-hybridized carbons (Fsp3) is 0.261. The molecule has 0 bridgehead atoms. The number of rotatable bonds is 7. The Bertz CT molecular complexity index is 1120. The summed E-state index contributed by atoms with van der Waals surface area (Å²) in [5.74, 6) is 2.78. The van der Waals surface area contributed by atoms with E-state index >= 15 is 0 Å². The van der Waals surface area contributed by atoms with E-state index in [1.165, 1.54) is 16.3 Å². The van der Waals surface area contributed by atoms with Gasteiger partial charge in [-0.1, -0.05) is 36.4 Å². The van der Waals surface area contributed by atoms with Crippen LogP contribution in [-0.2, 0) is 6.42 Å². The standard InChI is InChI=1S/C23H26N6O.HI/c1-3-24-23(25-13-12-21-27-22(29-28-21)20-9-6-14-30-20)26-16(2)18-11-10-17-7-4-5-8-19(17)15-18;/h4-11,14-16H,3,12-13H2,1-2H3,(H2,24,25,26)(H,27,28,29);1H. The normalized spacial score (nSPS) is 12.4. The number of hydrogen-bond donors (Lipinski definition) is 3. The Balaban J connectivity index is 0.00000272. The predicted octanol–water partition coefficient (Wildman–Crippen LogP) is 4.69.